The largest absolute Gasteiger partial charge is 0.383 e. The van der Waals surface area contributed by atoms with Crippen LogP contribution in [0.4, 0.5) is 5.69 Å². The number of nitrogens with zero attached hydrogens (tertiary/aromatic N) is 1. The second-order valence-corrected chi connectivity index (χ2v) is 9.70. The molecule has 0 atom stereocenters. The normalized spacial score (nSPS) is 17.5. The maximum atomic E-state index is 12.9. The fraction of sp³-hybridized carbons (Fsp3) is 0.500. The average Bonchev–Trinajstić information content (AvgIpc) is 2.43. The smallest absolute Gasteiger partial charge is 0.219 e. The summed E-state index contributed by atoms with van der Waals surface area (Å²) in [5, 5.41) is 4.37. The number of benzene rings is 1. The van der Waals surface area contributed by atoms with E-state index in [-0.39, 0.29) is 0 Å². The molecule has 1 fully saturated rings. The first-order valence-corrected chi connectivity index (χ1v) is 9.82. The highest BCUT2D eigenvalue weighted by molar-refractivity contribution is 7.91. The maximum Gasteiger partial charge on any atom is 0.219 e. The predicted molar refractivity (Wildman–Crippen MR) is 98.6 cm³/mol. The Bertz CT molecular complexity index is 831. The van der Waals surface area contributed by atoms with Crippen molar-refractivity contribution in [1.29, 1.82) is 0 Å². The molecule has 1 heterocycles. The molecule has 1 aromatic heterocycles. The monoisotopic (exact) mass is 347 g/mol. The molecule has 1 aliphatic rings. The molecule has 1 saturated carbocycles. The van der Waals surface area contributed by atoms with Crippen LogP contribution in [0.5, 0.6) is 0 Å². The van der Waals surface area contributed by atoms with Crippen molar-refractivity contribution in [1.82, 2.24) is 9.71 Å². The van der Waals surface area contributed by atoms with Crippen LogP contribution in [0.25, 0.3) is 10.9 Å². The Kier molecular flexibility index (Phi) is 4.30. The average molecular weight is 347 g/mol. The summed E-state index contributed by atoms with van der Waals surface area (Å²) in [6.07, 6.45) is 4.08. The van der Waals surface area contributed by atoms with Crippen molar-refractivity contribution >= 4 is 26.6 Å². The number of sulfonamides is 1. The first kappa shape index (κ1) is 17.2. The number of hydrogen-bond donors (Lipinski definition) is 2. The highest BCUT2D eigenvalue weighted by atomic mass is 32.2. The molecule has 24 heavy (non-hydrogen) atoms. The predicted octanol–water partition coefficient (Wildman–Crippen LogP) is 3.29. The Hall–Kier alpha value is -1.66. The van der Waals surface area contributed by atoms with Gasteiger partial charge in [0.05, 0.1) is 5.52 Å². The first-order chi connectivity index (χ1) is 11.2. The molecule has 1 aliphatic carbocycles. The van der Waals surface area contributed by atoms with E-state index < -0.39 is 20.3 Å². The van der Waals surface area contributed by atoms with E-state index >= 15 is 0 Å². The maximum absolute atomic E-state index is 12.9. The number of nitrogens with one attached hydrogen (secondary N) is 2. The van der Waals surface area contributed by atoms with Crippen molar-refractivity contribution in [3.05, 3.63) is 36.5 Å². The van der Waals surface area contributed by atoms with Crippen LogP contribution in [-0.4, -0.2) is 30.2 Å². The van der Waals surface area contributed by atoms with Crippen LogP contribution < -0.4 is 10.0 Å². The summed E-state index contributed by atoms with van der Waals surface area (Å²) in [6, 6.07) is 9.77. The van der Waals surface area contributed by atoms with Crippen molar-refractivity contribution in [2.45, 2.75) is 50.3 Å². The third-order valence-corrected chi connectivity index (χ3v) is 7.10. The number of para-hydroxylation sites is 1. The second kappa shape index (κ2) is 6.01. The number of fused-ring (bicyclic) bond motifs is 1. The third kappa shape index (κ3) is 3.26. The summed E-state index contributed by atoms with van der Waals surface area (Å²) in [5.41, 5.74) is 1.36. The van der Waals surface area contributed by atoms with Gasteiger partial charge in [-0.1, -0.05) is 24.6 Å². The lowest BCUT2D eigenvalue weighted by atomic mass is 9.84. The van der Waals surface area contributed by atoms with Gasteiger partial charge in [0, 0.05) is 29.4 Å². The summed E-state index contributed by atoms with van der Waals surface area (Å²) in [5.74, 6) is 0. The van der Waals surface area contributed by atoms with Gasteiger partial charge in [0.1, 0.15) is 4.75 Å². The molecule has 0 spiro atoms. The fourth-order valence-electron chi connectivity index (χ4n) is 3.13. The van der Waals surface area contributed by atoms with Gasteiger partial charge in [0.2, 0.25) is 10.0 Å². The van der Waals surface area contributed by atoms with Gasteiger partial charge < -0.3 is 5.32 Å². The Morgan fingerprint density at radius 2 is 1.88 bits per heavy atom. The molecule has 130 valence electrons. The minimum atomic E-state index is -3.39. The molecule has 0 aliphatic heterocycles. The van der Waals surface area contributed by atoms with Crippen LogP contribution >= 0.6 is 0 Å². The SMILES string of the molecule is CC(C)(C)NS(=O)(=O)C1(CNc2ccnc3ccccc23)CCC1. The van der Waals surface area contributed by atoms with Gasteiger partial charge in [-0.25, -0.2) is 13.1 Å². The third-order valence-electron chi connectivity index (χ3n) is 4.53. The van der Waals surface area contributed by atoms with E-state index in [0.717, 1.165) is 23.0 Å². The van der Waals surface area contributed by atoms with Gasteiger partial charge in [0.25, 0.3) is 0 Å². The van der Waals surface area contributed by atoms with Crippen LogP contribution in [-0.2, 0) is 10.0 Å². The molecule has 5 nitrogen and oxygen atoms in total. The molecule has 2 N–H and O–H groups in total. The summed E-state index contributed by atoms with van der Waals surface area (Å²) in [6.45, 7) is 6.04. The van der Waals surface area contributed by atoms with Gasteiger partial charge in [-0.15, -0.1) is 0 Å². The van der Waals surface area contributed by atoms with E-state index in [4.69, 9.17) is 0 Å². The molecule has 0 saturated heterocycles. The quantitative estimate of drug-likeness (QED) is 0.871. The molecule has 1 aromatic carbocycles. The number of anilines is 1. The number of hydrogen-bond acceptors (Lipinski definition) is 4. The van der Waals surface area contributed by atoms with Gasteiger partial charge in [0.15, 0.2) is 0 Å². The van der Waals surface area contributed by atoms with E-state index in [9.17, 15) is 8.42 Å². The summed E-state index contributed by atoms with van der Waals surface area (Å²) in [7, 11) is -3.39. The second-order valence-electron chi connectivity index (χ2n) is 7.62. The van der Waals surface area contributed by atoms with Crippen LogP contribution in [0.15, 0.2) is 36.5 Å². The van der Waals surface area contributed by atoms with Crippen molar-refractivity contribution in [2.24, 2.45) is 0 Å². The lowest BCUT2D eigenvalue weighted by molar-refractivity contribution is 0.339. The van der Waals surface area contributed by atoms with Gasteiger partial charge in [-0.05, 0) is 45.7 Å². The minimum absolute atomic E-state index is 0.409. The van der Waals surface area contributed by atoms with Crippen molar-refractivity contribution in [3.63, 3.8) is 0 Å². The fourth-order valence-corrected chi connectivity index (χ4v) is 5.24. The van der Waals surface area contributed by atoms with Gasteiger partial charge >= 0.3 is 0 Å². The van der Waals surface area contributed by atoms with E-state index in [1.807, 2.05) is 51.1 Å². The first-order valence-electron chi connectivity index (χ1n) is 8.34. The Morgan fingerprint density at radius 1 is 1.17 bits per heavy atom. The van der Waals surface area contributed by atoms with Crippen LogP contribution in [0.2, 0.25) is 0 Å². The standard InChI is InChI=1S/C18H25N3O2S/c1-17(2,3)21-24(22,23)18(10-6-11-18)13-20-16-9-12-19-15-8-5-4-7-14(15)16/h4-5,7-9,12,21H,6,10-11,13H2,1-3H3,(H,19,20). The summed E-state index contributed by atoms with van der Waals surface area (Å²) >= 11 is 0. The molecule has 0 amide bonds. The number of pyridine rings is 1. The number of aromatic nitrogens is 1. The van der Waals surface area contributed by atoms with Crippen molar-refractivity contribution < 1.29 is 8.42 Å². The molecule has 3 rings (SSSR count). The lowest BCUT2D eigenvalue weighted by Gasteiger charge is -2.42. The molecule has 2 aromatic rings. The van der Waals surface area contributed by atoms with Gasteiger partial charge in [-0.2, -0.15) is 0 Å². The molecule has 0 bridgehead atoms. The number of rotatable bonds is 5. The molecular weight excluding hydrogens is 322 g/mol. The van der Waals surface area contributed by atoms with Crippen LogP contribution in [0, 0.1) is 0 Å². The zero-order valence-electron chi connectivity index (χ0n) is 14.5. The minimum Gasteiger partial charge on any atom is -0.383 e. The molecular formula is C18H25N3O2S. The Balaban J connectivity index is 1.83. The van der Waals surface area contributed by atoms with E-state index in [1.54, 1.807) is 6.20 Å². The Morgan fingerprint density at radius 3 is 2.50 bits per heavy atom. The molecule has 6 heteroatoms. The summed E-state index contributed by atoms with van der Waals surface area (Å²) in [4.78, 5) is 4.35. The zero-order valence-corrected chi connectivity index (χ0v) is 15.3. The van der Waals surface area contributed by atoms with Gasteiger partial charge in [-0.3, -0.25) is 4.98 Å². The highest BCUT2D eigenvalue weighted by Crippen LogP contribution is 2.40. The van der Waals surface area contributed by atoms with E-state index in [1.165, 1.54) is 0 Å². The van der Waals surface area contributed by atoms with Crippen LogP contribution in [0.1, 0.15) is 40.0 Å². The van der Waals surface area contributed by atoms with Crippen LogP contribution in [0.3, 0.4) is 0 Å². The topological polar surface area (TPSA) is 71.1 Å². The molecule has 0 unspecified atom stereocenters. The Labute approximate surface area is 143 Å². The summed E-state index contributed by atoms with van der Waals surface area (Å²) < 4.78 is 27.8. The van der Waals surface area contributed by atoms with E-state index in [2.05, 4.69) is 15.0 Å². The zero-order chi connectivity index (χ0) is 17.4. The van der Waals surface area contributed by atoms with Crippen molar-refractivity contribution in [2.75, 3.05) is 11.9 Å². The van der Waals surface area contributed by atoms with Crippen molar-refractivity contribution in [3.8, 4) is 0 Å². The lowest BCUT2D eigenvalue weighted by Crippen LogP contribution is -2.58. The highest BCUT2D eigenvalue weighted by Gasteiger charge is 2.49. The van der Waals surface area contributed by atoms with E-state index in [0.29, 0.717) is 19.4 Å². The molecule has 0 radical (unpaired) electrons.